The Morgan fingerprint density at radius 2 is 1.76 bits per heavy atom. The van der Waals surface area contributed by atoms with Crippen molar-refractivity contribution in [3.63, 3.8) is 0 Å². The van der Waals surface area contributed by atoms with Crippen molar-refractivity contribution in [2.24, 2.45) is 5.92 Å². The Morgan fingerprint density at radius 3 is 2.41 bits per heavy atom. The molecule has 4 saturated heterocycles. The molecule has 0 N–H and O–H groups in total. The molecule has 9 heteroatoms. The summed E-state index contributed by atoms with van der Waals surface area (Å²) in [5.74, 6) is -3.16. The largest absolute Gasteiger partial charge is 0.471 e. The number of rotatable bonds is 5. The van der Waals surface area contributed by atoms with Gasteiger partial charge in [-0.2, -0.15) is 4.37 Å². The molecule has 8 nitrogen and oxygen atoms in total. The summed E-state index contributed by atoms with van der Waals surface area (Å²) < 4.78 is 25.8. The highest BCUT2D eigenvalue weighted by molar-refractivity contribution is 6.99. The molecule has 1 aromatic heterocycles. The molecule has 0 aliphatic carbocycles. The number of aromatic nitrogens is 2. The van der Waals surface area contributed by atoms with Gasteiger partial charge in [0, 0.05) is 13.1 Å². The Morgan fingerprint density at radius 1 is 1.10 bits per heavy atom. The van der Waals surface area contributed by atoms with E-state index in [0.717, 1.165) is 36.6 Å². The summed E-state index contributed by atoms with van der Waals surface area (Å²) in [6, 6.07) is 8.24. The van der Waals surface area contributed by atoms with E-state index in [2.05, 4.69) is 27.8 Å². The van der Waals surface area contributed by atoms with Crippen molar-refractivity contribution < 1.29 is 23.8 Å². The molecule has 5 heterocycles. The average molecular weight is 415 g/mol. The highest BCUT2D eigenvalue weighted by Gasteiger charge is 2.66. The van der Waals surface area contributed by atoms with Gasteiger partial charge in [0.05, 0.1) is 11.7 Å². The van der Waals surface area contributed by atoms with Gasteiger partial charge in [-0.3, -0.25) is 0 Å². The lowest BCUT2D eigenvalue weighted by molar-refractivity contribution is -0.299. The van der Waals surface area contributed by atoms with E-state index in [9.17, 15) is 9.59 Å². The minimum Gasteiger partial charge on any atom is -0.471 e. The summed E-state index contributed by atoms with van der Waals surface area (Å²) in [4.78, 5) is 25.7. The van der Waals surface area contributed by atoms with Crippen LogP contribution < -0.4 is 4.74 Å². The van der Waals surface area contributed by atoms with E-state index in [1.54, 1.807) is 0 Å². The molecule has 4 fully saturated rings. The molecule has 6 rings (SSSR count). The number of nitrogens with zero attached hydrogens (tertiary/aromatic N) is 3. The zero-order valence-electron chi connectivity index (χ0n) is 16.0. The Balaban J connectivity index is 1.42. The highest BCUT2D eigenvalue weighted by Crippen LogP contribution is 2.53. The van der Waals surface area contributed by atoms with Gasteiger partial charge in [-0.05, 0) is 36.3 Å². The van der Waals surface area contributed by atoms with E-state index >= 15 is 0 Å². The van der Waals surface area contributed by atoms with Crippen molar-refractivity contribution in [3.8, 4) is 5.88 Å². The summed E-state index contributed by atoms with van der Waals surface area (Å²) in [6.45, 7) is 3.89. The lowest BCUT2D eigenvalue weighted by Gasteiger charge is -2.52. The number of hydrogen-bond donors (Lipinski definition) is 0. The van der Waals surface area contributed by atoms with Crippen LogP contribution in [0.1, 0.15) is 42.5 Å². The molecule has 4 aliphatic rings. The Labute approximate surface area is 172 Å². The maximum atomic E-state index is 11.9. The Kier molecular flexibility index (Phi) is 4.51. The minimum atomic E-state index is -1.42. The van der Waals surface area contributed by atoms with Crippen LogP contribution in [-0.4, -0.2) is 44.6 Å². The van der Waals surface area contributed by atoms with Gasteiger partial charge < -0.3 is 14.2 Å². The molecule has 1 aromatic carbocycles. The number of benzene rings is 1. The molecule has 1 spiro atoms. The van der Waals surface area contributed by atoms with Crippen molar-refractivity contribution in [3.05, 3.63) is 41.1 Å². The van der Waals surface area contributed by atoms with Gasteiger partial charge in [-0.25, -0.2) is 14.5 Å². The molecule has 1 unspecified atom stereocenters. The molecular formula is C20H21N3O5S. The lowest BCUT2D eigenvalue weighted by Crippen LogP contribution is -2.64. The third-order valence-electron chi connectivity index (χ3n) is 6.07. The van der Waals surface area contributed by atoms with Crippen molar-refractivity contribution in [2.45, 2.75) is 44.6 Å². The number of aryl methyl sites for hydroxylation is 1. The molecule has 2 aromatic rings. The van der Waals surface area contributed by atoms with E-state index in [1.807, 2.05) is 17.0 Å². The maximum absolute atomic E-state index is 11.9. The van der Waals surface area contributed by atoms with Crippen LogP contribution in [0, 0.1) is 5.92 Å². The first-order valence-corrected chi connectivity index (χ1v) is 10.6. The number of carbonyl (C=O) groups is 2. The second-order valence-electron chi connectivity index (χ2n) is 7.63. The number of fused-ring (bicyclic) bond motifs is 2. The predicted molar refractivity (Wildman–Crippen MR) is 102 cm³/mol. The first-order chi connectivity index (χ1) is 14.1. The zero-order valence-corrected chi connectivity index (χ0v) is 16.8. The van der Waals surface area contributed by atoms with Gasteiger partial charge >= 0.3 is 17.8 Å². The molecular weight excluding hydrogens is 394 g/mol. The lowest BCUT2D eigenvalue weighted by atomic mass is 9.74. The number of esters is 2. The van der Waals surface area contributed by atoms with Crippen LogP contribution in [0.5, 0.6) is 5.88 Å². The second kappa shape index (κ2) is 7.07. The number of carbonyl (C=O) groups excluding carboxylic acids is 2. The van der Waals surface area contributed by atoms with Gasteiger partial charge in [-0.1, -0.05) is 31.2 Å². The van der Waals surface area contributed by atoms with E-state index in [-0.39, 0.29) is 5.92 Å². The highest BCUT2D eigenvalue weighted by atomic mass is 32.1. The van der Waals surface area contributed by atoms with Crippen LogP contribution in [0.2, 0.25) is 0 Å². The summed E-state index contributed by atoms with van der Waals surface area (Å²) in [5, 5.41) is 0. The SMILES string of the molecule is CCc1ccc(COc2nsnc2C2C3CCN(CC3)C23OC(=O)C(=O)O3)cc1. The van der Waals surface area contributed by atoms with E-state index in [0.29, 0.717) is 31.3 Å². The number of hydrogen-bond acceptors (Lipinski definition) is 9. The first-order valence-electron chi connectivity index (χ1n) is 9.85. The molecule has 4 aliphatic heterocycles. The predicted octanol–water partition coefficient (Wildman–Crippen LogP) is 2.24. The average Bonchev–Trinajstić information content (AvgIpc) is 3.32. The Hall–Kier alpha value is -2.52. The van der Waals surface area contributed by atoms with Gasteiger partial charge in [-0.15, -0.1) is 4.37 Å². The standard InChI is InChI=1S/C20H21N3O5S/c1-2-12-3-5-13(6-4-12)11-26-17-16(21-29-22-17)15-14-7-9-23(10-8-14)20(15)27-18(24)19(25)28-20/h3-6,14-15H,2,7-11H2,1H3. The third kappa shape index (κ3) is 3.00. The quantitative estimate of drug-likeness (QED) is 0.542. The fourth-order valence-corrected chi connectivity index (χ4v) is 5.10. The van der Waals surface area contributed by atoms with E-state index in [1.165, 1.54) is 5.56 Å². The Bertz CT molecular complexity index is 920. The van der Waals surface area contributed by atoms with Gasteiger partial charge in [0.15, 0.2) is 0 Å². The van der Waals surface area contributed by atoms with E-state index < -0.39 is 23.8 Å². The monoisotopic (exact) mass is 415 g/mol. The van der Waals surface area contributed by atoms with Crippen molar-refractivity contribution >= 4 is 23.7 Å². The minimum absolute atomic E-state index is 0.175. The van der Waals surface area contributed by atoms with Crippen molar-refractivity contribution in [1.82, 2.24) is 13.6 Å². The van der Waals surface area contributed by atoms with Crippen molar-refractivity contribution in [2.75, 3.05) is 13.1 Å². The van der Waals surface area contributed by atoms with Gasteiger partial charge in [0.25, 0.3) is 0 Å². The molecule has 2 bridgehead atoms. The fraction of sp³-hybridized carbons (Fsp3) is 0.500. The smallest absolute Gasteiger partial charge is 0.421 e. The van der Waals surface area contributed by atoms with Gasteiger partial charge in [0.1, 0.15) is 18.2 Å². The summed E-state index contributed by atoms with van der Waals surface area (Å²) in [7, 11) is 0. The van der Waals surface area contributed by atoms with Crippen LogP contribution >= 0.6 is 11.7 Å². The maximum Gasteiger partial charge on any atom is 0.421 e. The molecule has 152 valence electrons. The normalized spacial score (nSPS) is 27.1. The molecule has 1 atom stereocenters. The third-order valence-corrected chi connectivity index (χ3v) is 6.60. The second-order valence-corrected chi connectivity index (χ2v) is 8.15. The molecule has 29 heavy (non-hydrogen) atoms. The number of piperidine rings is 3. The van der Waals surface area contributed by atoms with E-state index in [4.69, 9.17) is 14.2 Å². The van der Waals surface area contributed by atoms with Crippen molar-refractivity contribution in [1.29, 1.82) is 0 Å². The summed E-state index contributed by atoms with van der Waals surface area (Å²) >= 11 is 1.05. The van der Waals surface area contributed by atoms with Crippen LogP contribution in [-0.2, 0) is 32.1 Å². The zero-order chi connectivity index (χ0) is 20.0. The summed E-state index contributed by atoms with van der Waals surface area (Å²) in [6.07, 6.45) is 2.81. The van der Waals surface area contributed by atoms with Crippen LogP contribution in [0.4, 0.5) is 0 Å². The first kappa shape index (κ1) is 18.5. The summed E-state index contributed by atoms with van der Waals surface area (Å²) in [5.41, 5.74) is 2.89. The molecule has 0 radical (unpaired) electrons. The van der Waals surface area contributed by atoms with Gasteiger partial charge in [0.2, 0.25) is 5.88 Å². The molecule has 0 amide bonds. The van der Waals surface area contributed by atoms with Crippen LogP contribution in [0.3, 0.4) is 0 Å². The number of ether oxygens (including phenoxy) is 3. The molecule has 0 saturated carbocycles. The fourth-order valence-electron chi connectivity index (χ4n) is 4.56. The van der Waals surface area contributed by atoms with Crippen LogP contribution in [0.15, 0.2) is 24.3 Å². The topological polar surface area (TPSA) is 90.9 Å². The van der Waals surface area contributed by atoms with Crippen LogP contribution in [0.25, 0.3) is 0 Å².